The number of nitrogens with one attached hydrogen (secondary N) is 1. The summed E-state index contributed by atoms with van der Waals surface area (Å²) in [5.41, 5.74) is 1.89. The van der Waals surface area contributed by atoms with Gasteiger partial charge in [0, 0.05) is 37.3 Å². The molecule has 0 aromatic heterocycles. The molecule has 0 bridgehead atoms. The lowest BCUT2D eigenvalue weighted by molar-refractivity contribution is -0.139. The molecule has 1 saturated heterocycles. The Hall–Kier alpha value is -3.26. The fourth-order valence-electron chi connectivity index (χ4n) is 4.30. The van der Waals surface area contributed by atoms with Gasteiger partial charge in [-0.15, -0.1) is 0 Å². The maximum Gasteiger partial charge on any atom is 0.237 e. The summed E-state index contributed by atoms with van der Waals surface area (Å²) in [6.07, 6.45) is 0.111. The molecule has 1 fully saturated rings. The van der Waals surface area contributed by atoms with Crippen LogP contribution in [0.25, 0.3) is 0 Å². The van der Waals surface area contributed by atoms with Gasteiger partial charge in [0.05, 0.1) is 33.2 Å². The van der Waals surface area contributed by atoms with Crippen molar-refractivity contribution in [2.24, 2.45) is 0 Å². The summed E-state index contributed by atoms with van der Waals surface area (Å²) in [6.45, 7) is 3.08. The van der Waals surface area contributed by atoms with Gasteiger partial charge in [0.15, 0.2) is 11.5 Å². The largest absolute Gasteiger partial charge is 0.493 e. The zero-order valence-electron chi connectivity index (χ0n) is 18.5. The molecule has 4 rings (SSSR count). The molecule has 2 amide bonds. The van der Waals surface area contributed by atoms with Crippen LogP contribution in [0, 0.1) is 0 Å². The highest BCUT2D eigenvalue weighted by atomic mass is 16.5. The number of benzene rings is 2. The normalized spacial score (nSPS) is 18.8. The fraction of sp³-hybridized carbons (Fsp3) is 0.417. The minimum absolute atomic E-state index is 0.0602. The van der Waals surface area contributed by atoms with Gasteiger partial charge in [-0.05, 0) is 12.1 Å². The van der Waals surface area contributed by atoms with Crippen LogP contribution < -0.4 is 19.5 Å². The van der Waals surface area contributed by atoms with Crippen LogP contribution in [0.3, 0.4) is 0 Å². The Morgan fingerprint density at radius 2 is 1.97 bits per heavy atom. The molecular formula is C24H29N3O5. The van der Waals surface area contributed by atoms with E-state index in [-0.39, 0.29) is 18.2 Å². The van der Waals surface area contributed by atoms with Crippen molar-refractivity contribution in [2.75, 3.05) is 40.5 Å². The first-order valence-corrected chi connectivity index (χ1v) is 10.8. The molecule has 2 aliphatic rings. The number of amides is 2. The first-order valence-electron chi connectivity index (χ1n) is 10.8. The molecule has 0 radical (unpaired) electrons. The second-order valence-electron chi connectivity index (χ2n) is 7.91. The van der Waals surface area contributed by atoms with E-state index >= 15 is 0 Å². The Labute approximate surface area is 188 Å². The predicted octanol–water partition coefficient (Wildman–Crippen LogP) is 1.82. The number of piperazine rings is 1. The molecule has 2 heterocycles. The maximum absolute atomic E-state index is 13.2. The van der Waals surface area contributed by atoms with E-state index in [9.17, 15) is 9.59 Å². The lowest BCUT2D eigenvalue weighted by Gasteiger charge is -2.36. The standard InChI is InChI=1S/C24H29N3O5/c1-30-21-9-5-7-18(23(21)31-2)16-26-11-10-25-24(29)19(26)14-22(28)27-12-13-32-20-8-4-3-6-17(20)15-27/h3-9,19H,10-16H2,1-2H3,(H,25,29)/t19-/m0/s1. The van der Waals surface area contributed by atoms with Gasteiger partial charge < -0.3 is 24.4 Å². The average molecular weight is 440 g/mol. The van der Waals surface area contributed by atoms with Crippen LogP contribution in [0.2, 0.25) is 0 Å². The van der Waals surface area contributed by atoms with Crippen molar-refractivity contribution in [3.8, 4) is 17.2 Å². The molecule has 0 unspecified atom stereocenters. The van der Waals surface area contributed by atoms with Gasteiger partial charge in [-0.25, -0.2) is 0 Å². The molecule has 1 atom stereocenters. The van der Waals surface area contributed by atoms with E-state index in [2.05, 4.69) is 5.32 Å². The van der Waals surface area contributed by atoms with Crippen molar-refractivity contribution in [3.05, 3.63) is 53.6 Å². The molecule has 2 aromatic carbocycles. The monoisotopic (exact) mass is 439 g/mol. The molecule has 2 aromatic rings. The van der Waals surface area contributed by atoms with Crippen molar-refractivity contribution >= 4 is 11.8 Å². The smallest absolute Gasteiger partial charge is 0.237 e. The van der Waals surface area contributed by atoms with Crippen LogP contribution in [0.1, 0.15) is 17.5 Å². The summed E-state index contributed by atoms with van der Waals surface area (Å²) in [5.74, 6) is 1.91. The van der Waals surface area contributed by atoms with Crippen LogP contribution >= 0.6 is 0 Å². The number of carbonyl (C=O) groups excluding carboxylic acids is 2. The van der Waals surface area contributed by atoms with E-state index in [4.69, 9.17) is 14.2 Å². The Morgan fingerprint density at radius 1 is 1.12 bits per heavy atom. The van der Waals surface area contributed by atoms with Crippen LogP contribution in [-0.2, 0) is 22.7 Å². The number of carbonyl (C=O) groups is 2. The topological polar surface area (TPSA) is 80.3 Å². The third-order valence-electron chi connectivity index (χ3n) is 5.97. The molecule has 0 aliphatic carbocycles. The van der Waals surface area contributed by atoms with Gasteiger partial charge in [0.2, 0.25) is 11.8 Å². The first kappa shape index (κ1) is 22.0. The molecule has 170 valence electrons. The summed E-state index contributed by atoms with van der Waals surface area (Å²) in [4.78, 5) is 29.8. The van der Waals surface area contributed by atoms with Gasteiger partial charge in [-0.1, -0.05) is 30.3 Å². The van der Waals surface area contributed by atoms with Crippen molar-refractivity contribution in [1.82, 2.24) is 15.1 Å². The summed E-state index contributed by atoms with van der Waals surface area (Å²) in [6, 6.07) is 12.9. The van der Waals surface area contributed by atoms with Gasteiger partial charge in [0.25, 0.3) is 0 Å². The van der Waals surface area contributed by atoms with E-state index in [1.54, 1.807) is 19.1 Å². The van der Waals surface area contributed by atoms with Gasteiger partial charge in [-0.2, -0.15) is 0 Å². The minimum Gasteiger partial charge on any atom is -0.493 e. The van der Waals surface area contributed by atoms with Crippen LogP contribution in [-0.4, -0.2) is 68.1 Å². The highest BCUT2D eigenvalue weighted by molar-refractivity contribution is 5.89. The Kier molecular flexibility index (Phi) is 6.80. The van der Waals surface area contributed by atoms with E-state index in [0.29, 0.717) is 50.8 Å². The molecule has 8 nitrogen and oxygen atoms in total. The predicted molar refractivity (Wildman–Crippen MR) is 119 cm³/mol. The number of methoxy groups -OCH3 is 2. The number of fused-ring (bicyclic) bond motifs is 1. The lowest BCUT2D eigenvalue weighted by atomic mass is 10.0. The molecular weight excluding hydrogens is 410 g/mol. The maximum atomic E-state index is 13.2. The van der Waals surface area contributed by atoms with Crippen LogP contribution in [0.4, 0.5) is 0 Å². The van der Waals surface area contributed by atoms with Crippen molar-refractivity contribution in [3.63, 3.8) is 0 Å². The molecule has 32 heavy (non-hydrogen) atoms. The van der Waals surface area contributed by atoms with Gasteiger partial charge in [-0.3, -0.25) is 14.5 Å². The molecule has 0 spiro atoms. The average Bonchev–Trinajstić information content (AvgIpc) is 3.03. The second kappa shape index (κ2) is 9.91. The van der Waals surface area contributed by atoms with Gasteiger partial charge >= 0.3 is 0 Å². The third kappa shape index (κ3) is 4.65. The van der Waals surface area contributed by atoms with Gasteiger partial charge in [0.1, 0.15) is 12.4 Å². The van der Waals surface area contributed by atoms with Crippen molar-refractivity contribution < 1.29 is 23.8 Å². The van der Waals surface area contributed by atoms with Crippen LogP contribution in [0.5, 0.6) is 17.2 Å². The van der Waals surface area contributed by atoms with E-state index in [0.717, 1.165) is 16.9 Å². The summed E-state index contributed by atoms with van der Waals surface area (Å²) < 4.78 is 16.7. The Balaban J connectivity index is 1.50. The molecule has 0 saturated carbocycles. The van der Waals surface area contributed by atoms with E-state index in [1.165, 1.54) is 0 Å². The third-order valence-corrected chi connectivity index (χ3v) is 5.97. The molecule has 2 aliphatic heterocycles. The second-order valence-corrected chi connectivity index (χ2v) is 7.91. The zero-order valence-corrected chi connectivity index (χ0v) is 18.5. The highest BCUT2D eigenvalue weighted by Gasteiger charge is 2.34. The van der Waals surface area contributed by atoms with E-state index < -0.39 is 6.04 Å². The number of hydrogen-bond donors (Lipinski definition) is 1. The summed E-state index contributed by atoms with van der Waals surface area (Å²) in [5, 5.41) is 2.90. The Bertz CT molecular complexity index is 980. The SMILES string of the molecule is COc1cccc(CN2CCNC(=O)[C@@H]2CC(=O)N2CCOc3ccccc3C2)c1OC. The Morgan fingerprint density at radius 3 is 2.78 bits per heavy atom. The fourth-order valence-corrected chi connectivity index (χ4v) is 4.30. The number of para-hydroxylation sites is 2. The lowest BCUT2D eigenvalue weighted by Crippen LogP contribution is -2.56. The first-order chi connectivity index (χ1) is 15.6. The molecule has 1 N–H and O–H groups in total. The zero-order chi connectivity index (χ0) is 22.5. The number of rotatable bonds is 6. The molecule has 8 heteroatoms. The number of ether oxygens (including phenoxy) is 3. The van der Waals surface area contributed by atoms with Crippen LogP contribution in [0.15, 0.2) is 42.5 Å². The minimum atomic E-state index is -0.549. The summed E-state index contributed by atoms with van der Waals surface area (Å²) >= 11 is 0. The number of nitrogens with zero attached hydrogens (tertiary/aromatic N) is 2. The highest BCUT2D eigenvalue weighted by Crippen LogP contribution is 2.32. The van der Waals surface area contributed by atoms with Crippen molar-refractivity contribution in [2.45, 2.75) is 25.6 Å². The number of hydrogen-bond acceptors (Lipinski definition) is 6. The van der Waals surface area contributed by atoms with E-state index in [1.807, 2.05) is 47.4 Å². The van der Waals surface area contributed by atoms with Crippen molar-refractivity contribution in [1.29, 1.82) is 0 Å². The summed E-state index contributed by atoms with van der Waals surface area (Å²) in [7, 11) is 3.20. The quantitative estimate of drug-likeness (QED) is 0.740.